The zero-order valence-electron chi connectivity index (χ0n) is 19.9. The van der Waals surface area contributed by atoms with E-state index in [1.807, 2.05) is 39.0 Å². The SMILES string of the molecule is CC(C)(C)OC(=O)N(N)[C@@]1(c2nccnc2C2CN(c3ccc4ccccc4n3)C2)CCCN1. The Morgan fingerprint density at radius 1 is 1.18 bits per heavy atom. The summed E-state index contributed by atoms with van der Waals surface area (Å²) in [6.07, 6.45) is 4.27. The van der Waals surface area contributed by atoms with Gasteiger partial charge in [-0.3, -0.25) is 15.3 Å². The summed E-state index contributed by atoms with van der Waals surface area (Å²) in [7, 11) is 0. The Bertz CT molecular complexity index is 1200. The van der Waals surface area contributed by atoms with Gasteiger partial charge in [-0.25, -0.2) is 20.6 Å². The first kappa shape index (κ1) is 22.5. The molecular weight excluding hydrogens is 430 g/mol. The van der Waals surface area contributed by atoms with Crippen molar-refractivity contribution < 1.29 is 9.53 Å². The Kier molecular flexibility index (Phi) is 5.61. The van der Waals surface area contributed by atoms with E-state index in [0.29, 0.717) is 12.1 Å². The highest BCUT2D eigenvalue weighted by molar-refractivity contribution is 5.80. The standard InChI is InChI=1S/C25H31N7O2/c1-24(2,3)34-23(33)32(26)25(11-6-12-29-25)22-21(27-13-14-28-22)18-15-31(16-18)20-10-9-17-7-4-5-8-19(17)30-20/h4-5,7-10,13-14,18,29H,6,11-12,15-16,26H2,1-3H3/t25-/m1/s1. The molecule has 3 N–H and O–H groups in total. The molecule has 34 heavy (non-hydrogen) atoms. The minimum absolute atomic E-state index is 0.156. The summed E-state index contributed by atoms with van der Waals surface area (Å²) < 4.78 is 5.57. The number of ether oxygens (including phenoxy) is 1. The van der Waals surface area contributed by atoms with E-state index in [1.54, 1.807) is 12.4 Å². The van der Waals surface area contributed by atoms with Gasteiger partial charge in [-0.2, -0.15) is 0 Å². The Morgan fingerprint density at radius 2 is 1.94 bits per heavy atom. The number of nitrogens with one attached hydrogen (secondary N) is 1. The maximum absolute atomic E-state index is 12.9. The fourth-order valence-corrected chi connectivity index (χ4v) is 4.75. The number of nitrogens with zero attached hydrogens (tertiary/aromatic N) is 5. The van der Waals surface area contributed by atoms with Crippen molar-refractivity contribution >= 4 is 22.8 Å². The minimum atomic E-state index is -0.951. The van der Waals surface area contributed by atoms with Crippen molar-refractivity contribution in [3.8, 4) is 0 Å². The summed E-state index contributed by atoms with van der Waals surface area (Å²) in [6.45, 7) is 7.74. The van der Waals surface area contributed by atoms with Crippen molar-refractivity contribution in [1.82, 2.24) is 25.3 Å². The van der Waals surface area contributed by atoms with Gasteiger partial charge in [0, 0.05) is 36.8 Å². The van der Waals surface area contributed by atoms with Gasteiger partial charge in [0.1, 0.15) is 17.1 Å². The van der Waals surface area contributed by atoms with Crippen LogP contribution in [0.3, 0.4) is 0 Å². The second kappa shape index (κ2) is 8.48. The predicted molar refractivity (Wildman–Crippen MR) is 130 cm³/mol. The molecule has 0 saturated carbocycles. The lowest BCUT2D eigenvalue weighted by Crippen LogP contribution is -2.61. The van der Waals surface area contributed by atoms with Crippen molar-refractivity contribution in [2.24, 2.45) is 5.84 Å². The number of hydrogen-bond donors (Lipinski definition) is 2. The number of carbonyl (C=O) groups is 1. The number of hydrazine groups is 1. The van der Waals surface area contributed by atoms with E-state index in [2.05, 4.69) is 33.4 Å². The van der Waals surface area contributed by atoms with E-state index in [9.17, 15) is 4.79 Å². The lowest BCUT2D eigenvalue weighted by atomic mass is 9.89. The number of carbonyl (C=O) groups excluding carboxylic acids is 1. The molecule has 2 aliphatic heterocycles. The number of hydrogen-bond acceptors (Lipinski definition) is 8. The molecule has 2 saturated heterocycles. The molecule has 3 aromatic rings. The summed E-state index contributed by atoms with van der Waals surface area (Å²) >= 11 is 0. The van der Waals surface area contributed by atoms with Crippen LogP contribution in [-0.4, -0.2) is 51.3 Å². The van der Waals surface area contributed by atoms with Crippen LogP contribution in [0, 0.1) is 0 Å². The van der Waals surface area contributed by atoms with Crippen molar-refractivity contribution in [2.45, 2.75) is 50.8 Å². The molecule has 1 atom stereocenters. The zero-order valence-corrected chi connectivity index (χ0v) is 19.9. The van der Waals surface area contributed by atoms with Gasteiger partial charge in [-0.1, -0.05) is 18.2 Å². The Balaban J connectivity index is 1.40. The molecular formula is C25H31N7O2. The van der Waals surface area contributed by atoms with Crippen LogP contribution >= 0.6 is 0 Å². The van der Waals surface area contributed by atoms with Crippen LogP contribution in [0.15, 0.2) is 48.8 Å². The minimum Gasteiger partial charge on any atom is -0.443 e. The van der Waals surface area contributed by atoms with E-state index in [0.717, 1.165) is 48.5 Å². The lowest BCUT2D eigenvalue weighted by Gasteiger charge is -2.43. The van der Waals surface area contributed by atoms with Gasteiger partial charge in [-0.05, 0) is 58.4 Å². The summed E-state index contributed by atoms with van der Waals surface area (Å²) in [4.78, 5) is 29.3. The summed E-state index contributed by atoms with van der Waals surface area (Å²) in [5.41, 5.74) is 0.924. The summed E-state index contributed by atoms with van der Waals surface area (Å²) in [6, 6.07) is 12.3. The van der Waals surface area contributed by atoms with Crippen LogP contribution in [-0.2, 0) is 10.4 Å². The van der Waals surface area contributed by atoms with Crippen molar-refractivity contribution in [3.63, 3.8) is 0 Å². The quantitative estimate of drug-likeness (QED) is 0.346. The van der Waals surface area contributed by atoms with Crippen molar-refractivity contribution in [2.75, 3.05) is 24.5 Å². The topological polar surface area (TPSA) is 110 Å². The predicted octanol–water partition coefficient (Wildman–Crippen LogP) is 3.28. The Morgan fingerprint density at radius 3 is 2.68 bits per heavy atom. The number of pyridine rings is 1. The van der Waals surface area contributed by atoms with Crippen LogP contribution in [0.1, 0.15) is 50.9 Å². The number of fused-ring (bicyclic) bond motifs is 1. The second-order valence-electron chi connectivity index (χ2n) is 10.00. The fourth-order valence-electron chi connectivity index (χ4n) is 4.75. The van der Waals surface area contributed by atoms with Crippen LogP contribution in [0.4, 0.5) is 10.6 Å². The average Bonchev–Trinajstić information content (AvgIpc) is 3.28. The molecule has 0 aliphatic carbocycles. The maximum Gasteiger partial charge on any atom is 0.426 e. The molecule has 178 valence electrons. The number of anilines is 1. The number of para-hydroxylation sites is 1. The monoisotopic (exact) mass is 461 g/mol. The molecule has 2 aliphatic rings. The third-order valence-electron chi connectivity index (χ3n) is 6.43. The summed E-state index contributed by atoms with van der Waals surface area (Å²) in [5.74, 6) is 7.51. The van der Waals surface area contributed by atoms with Gasteiger partial charge in [0.05, 0.1) is 11.2 Å². The van der Waals surface area contributed by atoms with Crippen LogP contribution < -0.4 is 16.1 Å². The highest BCUT2D eigenvalue weighted by Crippen LogP contribution is 2.39. The molecule has 9 nitrogen and oxygen atoms in total. The van der Waals surface area contributed by atoms with Crippen LogP contribution in [0.2, 0.25) is 0 Å². The first-order chi connectivity index (χ1) is 16.3. The Hall–Kier alpha value is -3.30. The molecule has 1 amide bonds. The van der Waals surface area contributed by atoms with E-state index in [4.69, 9.17) is 20.5 Å². The molecule has 0 radical (unpaired) electrons. The molecule has 4 heterocycles. The largest absolute Gasteiger partial charge is 0.443 e. The first-order valence-corrected chi connectivity index (χ1v) is 11.7. The third kappa shape index (κ3) is 4.05. The number of rotatable bonds is 4. The van der Waals surface area contributed by atoms with E-state index in [1.165, 1.54) is 5.01 Å². The van der Waals surface area contributed by atoms with Gasteiger partial charge in [0.15, 0.2) is 5.66 Å². The Labute approximate surface area is 199 Å². The lowest BCUT2D eigenvalue weighted by molar-refractivity contribution is -0.0122. The van der Waals surface area contributed by atoms with Crippen molar-refractivity contribution in [1.29, 1.82) is 0 Å². The molecule has 2 fully saturated rings. The first-order valence-electron chi connectivity index (χ1n) is 11.7. The zero-order chi connectivity index (χ0) is 23.9. The van der Waals surface area contributed by atoms with E-state index < -0.39 is 17.4 Å². The van der Waals surface area contributed by atoms with Crippen molar-refractivity contribution in [3.05, 3.63) is 60.2 Å². The average molecular weight is 462 g/mol. The third-order valence-corrected chi connectivity index (χ3v) is 6.43. The van der Waals surface area contributed by atoms with Gasteiger partial charge in [-0.15, -0.1) is 0 Å². The molecule has 5 rings (SSSR count). The van der Waals surface area contributed by atoms with Gasteiger partial charge >= 0.3 is 6.09 Å². The summed E-state index contributed by atoms with van der Waals surface area (Å²) in [5, 5.41) is 5.72. The highest BCUT2D eigenvalue weighted by Gasteiger charge is 2.48. The van der Waals surface area contributed by atoms with Crippen LogP contribution in [0.25, 0.3) is 10.9 Å². The van der Waals surface area contributed by atoms with Gasteiger partial charge in [0.25, 0.3) is 0 Å². The van der Waals surface area contributed by atoms with Crippen LogP contribution in [0.5, 0.6) is 0 Å². The maximum atomic E-state index is 12.9. The highest BCUT2D eigenvalue weighted by atomic mass is 16.6. The molecule has 9 heteroatoms. The number of amides is 1. The fraction of sp³-hybridized carbons (Fsp3) is 0.440. The molecule has 0 spiro atoms. The molecule has 2 aromatic heterocycles. The number of nitrogens with two attached hydrogens (primary N) is 1. The molecule has 1 aromatic carbocycles. The second-order valence-corrected chi connectivity index (χ2v) is 10.00. The normalized spacial score (nSPS) is 20.9. The number of benzene rings is 1. The van der Waals surface area contributed by atoms with Gasteiger partial charge < -0.3 is 9.64 Å². The van der Waals surface area contributed by atoms with E-state index >= 15 is 0 Å². The molecule has 0 bridgehead atoms. The molecule has 0 unspecified atom stereocenters. The van der Waals surface area contributed by atoms with E-state index in [-0.39, 0.29) is 5.92 Å². The van der Waals surface area contributed by atoms with Gasteiger partial charge in [0.2, 0.25) is 0 Å². The number of aromatic nitrogens is 3. The smallest absolute Gasteiger partial charge is 0.426 e.